The largest absolute Gasteiger partial charge is 0.451 e. The fraction of sp³-hybridized carbons (Fsp3) is 0.412. The molecule has 1 fully saturated rings. The van der Waals surface area contributed by atoms with Crippen molar-refractivity contribution >= 4 is 5.82 Å². The molecule has 0 saturated carbocycles. The van der Waals surface area contributed by atoms with E-state index in [1.807, 2.05) is 0 Å². The molecule has 25 heavy (non-hydrogen) atoms. The van der Waals surface area contributed by atoms with E-state index in [9.17, 15) is 17.6 Å². The maximum Gasteiger partial charge on any atom is 0.451 e. The first-order chi connectivity index (χ1) is 11.8. The molecule has 1 aliphatic rings. The van der Waals surface area contributed by atoms with Crippen LogP contribution in [-0.2, 0) is 10.9 Å². The monoisotopic (exact) mass is 355 g/mol. The van der Waals surface area contributed by atoms with E-state index in [2.05, 4.69) is 9.97 Å². The minimum Gasteiger partial charge on any atom is -0.370 e. The Bertz CT molecular complexity index is 762. The molecule has 0 bridgehead atoms. The van der Waals surface area contributed by atoms with E-state index in [0.29, 0.717) is 31.0 Å². The van der Waals surface area contributed by atoms with E-state index < -0.39 is 12.0 Å². The number of nitrogens with zero attached hydrogens (tertiary/aromatic N) is 3. The quantitative estimate of drug-likeness (QED) is 0.768. The first kappa shape index (κ1) is 17.6. The van der Waals surface area contributed by atoms with Crippen molar-refractivity contribution < 1.29 is 22.3 Å². The van der Waals surface area contributed by atoms with Crippen LogP contribution in [0.4, 0.5) is 23.4 Å². The number of anilines is 1. The Balaban J connectivity index is 1.91. The molecule has 134 valence electrons. The summed E-state index contributed by atoms with van der Waals surface area (Å²) in [6.45, 7) is 4.33. The van der Waals surface area contributed by atoms with Gasteiger partial charge in [0.15, 0.2) is 0 Å². The molecule has 4 nitrogen and oxygen atoms in total. The maximum absolute atomic E-state index is 13.1. The van der Waals surface area contributed by atoms with Crippen molar-refractivity contribution in [3.8, 4) is 0 Å². The number of aryl methyl sites for hydroxylation is 1. The lowest BCUT2D eigenvalue weighted by Crippen LogP contribution is -2.39. The number of halogens is 4. The van der Waals surface area contributed by atoms with Crippen LogP contribution in [0, 0.1) is 19.7 Å². The van der Waals surface area contributed by atoms with Gasteiger partial charge in [-0.15, -0.1) is 0 Å². The second-order valence-corrected chi connectivity index (χ2v) is 5.94. The van der Waals surface area contributed by atoms with Crippen LogP contribution in [0.15, 0.2) is 24.3 Å². The third-order valence-corrected chi connectivity index (χ3v) is 4.22. The molecule has 8 heteroatoms. The Kier molecular flexibility index (Phi) is 4.64. The highest BCUT2D eigenvalue weighted by Crippen LogP contribution is 2.32. The van der Waals surface area contributed by atoms with Crippen molar-refractivity contribution in [2.24, 2.45) is 0 Å². The van der Waals surface area contributed by atoms with E-state index in [1.54, 1.807) is 24.0 Å². The molecule has 3 rings (SSSR count). The molecule has 1 saturated heterocycles. The van der Waals surface area contributed by atoms with E-state index >= 15 is 0 Å². The van der Waals surface area contributed by atoms with Gasteiger partial charge in [-0.1, -0.05) is 12.1 Å². The number of hydrogen-bond donors (Lipinski definition) is 0. The molecule has 2 heterocycles. The smallest absolute Gasteiger partial charge is 0.370 e. The van der Waals surface area contributed by atoms with Gasteiger partial charge in [-0.05, 0) is 31.5 Å². The molecule has 0 radical (unpaired) electrons. The summed E-state index contributed by atoms with van der Waals surface area (Å²) in [6, 6.07) is 5.89. The van der Waals surface area contributed by atoms with Gasteiger partial charge in [0.2, 0.25) is 5.82 Å². The Morgan fingerprint density at radius 2 is 1.80 bits per heavy atom. The van der Waals surface area contributed by atoms with Gasteiger partial charge in [-0.25, -0.2) is 14.4 Å². The van der Waals surface area contributed by atoms with Crippen LogP contribution < -0.4 is 4.90 Å². The van der Waals surface area contributed by atoms with E-state index in [0.717, 1.165) is 5.56 Å². The van der Waals surface area contributed by atoms with Crippen molar-refractivity contribution in [2.75, 3.05) is 24.6 Å². The zero-order chi connectivity index (χ0) is 18.2. The van der Waals surface area contributed by atoms with Crippen LogP contribution in [0.25, 0.3) is 0 Å². The lowest BCUT2D eigenvalue weighted by Gasteiger charge is -2.35. The molecular formula is C17H17F4N3O. The molecule has 0 spiro atoms. The third-order valence-electron chi connectivity index (χ3n) is 4.22. The maximum atomic E-state index is 13.1. The summed E-state index contributed by atoms with van der Waals surface area (Å²) in [7, 11) is 0. The zero-order valence-corrected chi connectivity index (χ0v) is 13.8. The Hall–Kier alpha value is -2.22. The number of aromatic nitrogens is 2. The summed E-state index contributed by atoms with van der Waals surface area (Å²) < 4.78 is 57.8. The van der Waals surface area contributed by atoms with Crippen LogP contribution >= 0.6 is 0 Å². The highest BCUT2D eigenvalue weighted by molar-refractivity contribution is 5.49. The molecule has 0 N–H and O–H groups in total. The normalized spacial score (nSPS) is 18.5. The molecular weight excluding hydrogens is 338 g/mol. The average molecular weight is 355 g/mol. The SMILES string of the molecule is Cc1nc(C(F)(F)F)nc(N2CCO[C@H](c3ccc(F)cc3)C2)c1C. The predicted molar refractivity (Wildman–Crippen MR) is 83.8 cm³/mol. The zero-order valence-electron chi connectivity index (χ0n) is 13.8. The number of benzene rings is 1. The van der Waals surface area contributed by atoms with Crippen molar-refractivity contribution in [3.05, 3.63) is 52.7 Å². The van der Waals surface area contributed by atoms with Gasteiger partial charge in [0.1, 0.15) is 17.7 Å². The number of hydrogen-bond acceptors (Lipinski definition) is 4. The van der Waals surface area contributed by atoms with Gasteiger partial charge < -0.3 is 9.64 Å². The predicted octanol–water partition coefficient (Wildman–Crippen LogP) is 3.83. The lowest BCUT2D eigenvalue weighted by molar-refractivity contribution is -0.145. The third kappa shape index (κ3) is 3.73. The molecule has 1 aromatic heterocycles. The summed E-state index contributed by atoms with van der Waals surface area (Å²) in [6.07, 6.45) is -4.96. The number of ether oxygens (including phenoxy) is 1. The van der Waals surface area contributed by atoms with Crippen molar-refractivity contribution in [3.63, 3.8) is 0 Å². The number of morpholine rings is 1. The van der Waals surface area contributed by atoms with Crippen LogP contribution in [0.3, 0.4) is 0 Å². The van der Waals surface area contributed by atoms with Crippen LogP contribution in [0.5, 0.6) is 0 Å². The van der Waals surface area contributed by atoms with E-state index in [-0.39, 0.29) is 17.7 Å². The van der Waals surface area contributed by atoms with Crippen molar-refractivity contribution in [2.45, 2.75) is 26.1 Å². The Labute approximate surface area is 142 Å². The summed E-state index contributed by atoms with van der Waals surface area (Å²) in [5.74, 6) is -1.24. The summed E-state index contributed by atoms with van der Waals surface area (Å²) in [5, 5.41) is 0. The second kappa shape index (κ2) is 6.59. The van der Waals surface area contributed by atoms with Crippen LogP contribution in [0.2, 0.25) is 0 Å². The van der Waals surface area contributed by atoms with Crippen molar-refractivity contribution in [1.29, 1.82) is 0 Å². The molecule has 1 aromatic carbocycles. The van der Waals surface area contributed by atoms with Gasteiger partial charge in [-0.3, -0.25) is 0 Å². The standard InChI is InChI=1S/C17H17F4N3O/c1-10-11(2)22-16(17(19,20)21)23-15(10)24-7-8-25-14(9-24)12-3-5-13(18)6-4-12/h3-6,14H,7-9H2,1-2H3/t14-/m0/s1. The van der Waals surface area contributed by atoms with Crippen LogP contribution in [-0.4, -0.2) is 29.7 Å². The Morgan fingerprint density at radius 3 is 2.44 bits per heavy atom. The number of alkyl halides is 3. The van der Waals surface area contributed by atoms with Crippen molar-refractivity contribution in [1.82, 2.24) is 9.97 Å². The Morgan fingerprint density at radius 1 is 1.12 bits per heavy atom. The van der Waals surface area contributed by atoms with E-state index in [1.165, 1.54) is 19.1 Å². The highest BCUT2D eigenvalue weighted by atomic mass is 19.4. The molecule has 1 aliphatic heterocycles. The number of rotatable bonds is 2. The molecule has 2 aromatic rings. The van der Waals surface area contributed by atoms with Gasteiger partial charge in [0, 0.05) is 24.3 Å². The van der Waals surface area contributed by atoms with Gasteiger partial charge in [0.05, 0.1) is 6.61 Å². The summed E-state index contributed by atoms with van der Waals surface area (Å²) >= 11 is 0. The van der Waals surface area contributed by atoms with Gasteiger partial charge >= 0.3 is 6.18 Å². The minimum absolute atomic E-state index is 0.259. The average Bonchev–Trinajstić information content (AvgIpc) is 2.57. The second-order valence-electron chi connectivity index (χ2n) is 5.94. The fourth-order valence-electron chi connectivity index (χ4n) is 2.77. The van der Waals surface area contributed by atoms with Gasteiger partial charge in [0.25, 0.3) is 0 Å². The molecule has 1 atom stereocenters. The topological polar surface area (TPSA) is 38.2 Å². The van der Waals surface area contributed by atoms with Gasteiger partial charge in [-0.2, -0.15) is 13.2 Å². The highest BCUT2D eigenvalue weighted by Gasteiger charge is 2.36. The first-order valence-corrected chi connectivity index (χ1v) is 7.80. The summed E-state index contributed by atoms with van der Waals surface area (Å²) in [5.41, 5.74) is 1.67. The fourth-order valence-corrected chi connectivity index (χ4v) is 2.77. The van der Waals surface area contributed by atoms with E-state index in [4.69, 9.17) is 4.74 Å². The van der Waals surface area contributed by atoms with Crippen LogP contribution in [0.1, 0.15) is 28.7 Å². The summed E-state index contributed by atoms with van der Waals surface area (Å²) in [4.78, 5) is 9.06. The molecule has 0 aliphatic carbocycles. The first-order valence-electron chi connectivity index (χ1n) is 7.80. The lowest BCUT2D eigenvalue weighted by atomic mass is 10.1. The minimum atomic E-state index is -4.60. The molecule has 0 amide bonds. The molecule has 0 unspecified atom stereocenters.